The molecule has 5 nitrogen and oxygen atoms in total. The highest BCUT2D eigenvalue weighted by Crippen LogP contribution is 2.38. The van der Waals surface area contributed by atoms with Crippen molar-refractivity contribution in [2.75, 3.05) is 31.1 Å². The number of benzene rings is 2. The van der Waals surface area contributed by atoms with Gasteiger partial charge in [-0.05, 0) is 43.5 Å². The molecule has 5 rings (SSSR count). The molecule has 1 aliphatic rings. The number of para-hydroxylation sites is 1. The van der Waals surface area contributed by atoms with Gasteiger partial charge in [0.1, 0.15) is 6.54 Å². The summed E-state index contributed by atoms with van der Waals surface area (Å²) in [5.41, 5.74) is 4.50. The highest BCUT2D eigenvalue weighted by molar-refractivity contribution is 7.22. The summed E-state index contributed by atoms with van der Waals surface area (Å²) in [6, 6.07) is 21.5. The van der Waals surface area contributed by atoms with E-state index in [9.17, 15) is 4.79 Å². The van der Waals surface area contributed by atoms with Gasteiger partial charge in [-0.1, -0.05) is 36.4 Å². The van der Waals surface area contributed by atoms with Gasteiger partial charge < -0.3 is 9.80 Å². The molecule has 0 spiro atoms. The monoisotopic (exact) mass is 430 g/mol. The van der Waals surface area contributed by atoms with Crippen molar-refractivity contribution < 1.29 is 4.79 Å². The van der Waals surface area contributed by atoms with Crippen molar-refractivity contribution in [1.29, 1.82) is 0 Å². The van der Waals surface area contributed by atoms with Crippen LogP contribution in [0.2, 0.25) is 0 Å². The zero-order valence-electron chi connectivity index (χ0n) is 17.9. The highest BCUT2D eigenvalue weighted by Gasteiger charge is 2.24. The molecule has 4 aromatic rings. The number of hydrogen-bond acceptors (Lipinski definition) is 4. The highest BCUT2D eigenvalue weighted by atomic mass is 32.1. The number of aromatic nitrogens is 2. The molecule has 0 bridgehead atoms. The van der Waals surface area contributed by atoms with E-state index in [0.29, 0.717) is 6.54 Å². The molecular weight excluding hydrogens is 404 g/mol. The lowest BCUT2D eigenvalue weighted by atomic mass is 10.1. The molecule has 1 saturated heterocycles. The molecule has 1 fully saturated rings. The third-order valence-corrected chi connectivity index (χ3v) is 7.11. The molecule has 0 radical (unpaired) electrons. The Balaban J connectivity index is 1.31. The molecule has 0 N–H and O–H groups in total. The second kappa shape index (κ2) is 8.19. The molecule has 2 aromatic heterocycles. The van der Waals surface area contributed by atoms with Crippen molar-refractivity contribution in [3.05, 3.63) is 72.1 Å². The van der Waals surface area contributed by atoms with Crippen LogP contribution in [0.5, 0.6) is 0 Å². The van der Waals surface area contributed by atoms with Gasteiger partial charge in [0.2, 0.25) is 5.91 Å². The van der Waals surface area contributed by atoms with E-state index < -0.39 is 0 Å². The average Bonchev–Trinajstić information content (AvgIpc) is 3.36. The summed E-state index contributed by atoms with van der Waals surface area (Å²) in [4.78, 5) is 18.5. The number of anilines is 1. The Morgan fingerprint density at radius 2 is 1.71 bits per heavy atom. The minimum absolute atomic E-state index is 0.142. The second-order valence-corrected chi connectivity index (χ2v) is 9.20. The van der Waals surface area contributed by atoms with Crippen molar-refractivity contribution in [1.82, 2.24) is 14.7 Å². The van der Waals surface area contributed by atoms with Crippen LogP contribution in [0, 0.1) is 13.8 Å². The molecule has 1 aliphatic heterocycles. The maximum atomic E-state index is 12.8. The molecule has 0 atom stereocenters. The Bertz CT molecular complexity index is 1200. The fourth-order valence-electron chi connectivity index (χ4n) is 4.33. The summed E-state index contributed by atoms with van der Waals surface area (Å²) in [6.45, 7) is 7.42. The molecule has 0 unspecified atom stereocenters. The normalized spacial score (nSPS) is 14.4. The Hall–Kier alpha value is -3.12. The van der Waals surface area contributed by atoms with Crippen LogP contribution in [-0.4, -0.2) is 46.8 Å². The van der Waals surface area contributed by atoms with Gasteiger partial charge >= 0.3 is 0 Å². The number of piperazine rings is 1. The predicted octanol–water partition coefficient (Wildman–Crippen LogP) is 4.73. The van der Waals surface area contributed by atoms with Crippen molar-refractivity contribution in [3.63, 3.8) is 0 Å². The predicted molar refractivity (Wildman–Crippen MR) is 128 cm³/mol. The third-order valence-electron chi connectivity index (χ3n) is 5.96. The van der Waals surface area contributed by atoms with Crippen LogP contribution in [-0.2, 0) is 11.3 Å². The molecule has 31 heavy (non-hydrogen) atoms. The van der Waals surface area contributed by atoms with Crippen molar-refractivity contribution in [3.8, 4) is 10.4 Å². The van der Waals surface area contributed by atoms with Crippen molar-refractivity contribution in [2.45, 2.75) is 20.4 Å². The molecule has 158 valence electrons. The molecule has 2 aromatic carbocycles. The Labute approximate surface area is 186 Å². The number of hydrogen-bond donors (Lipinski definition) is 0. The first-order chi connectivity index (χ1) is 15.1. The molecule has 3 heterocycles. The van der Waals surface area contributed by atoms with Gasteiger partial charge in [0.15, 0.2) is 0 Å². The quantitative estimate of drug-likeness (QED) is 0.470. The van der Waals surface area contributed by atoms with Gasteiger partial charge in [-0.2, -0.15) is 5.10 Å². The molecule has 0 aliphatic carbocycles. The van der Waals surface area contributed by atoms with E-state index in [1.165, 1.54) is 26.2 Å². The van der Waals surface area contributed by atoms with Crippen LogP contribution in [0.4, 0.5) is 5.69 Å². The van der Waals surface area contributed by atoms with E-state index in [-0.39, 0.29) is 5.91 Å². The van der Waals surface area contributed by atoms with Gasteiger partial charge in [-0.25, -0.2) is 0 Å². The van der Waals surface area contributed by atoms with Gasteiger partial charge in [-0.3, -0.25) is 9.48 Å². The summed E-state index contributed by atoms with van der Waals surface area (Å²) >= 11 is 1.84. The molecule has 0 saturated carbocycles. The Morgan fingerprint density at radius 3 is 2.45 bits per heavy atom. The van der Waals surface area contributed by atoms with Crippen molar-refractivity contribution in [2.24, 2.45) is 0 Å². The first-order valence-corrected chi connectivity index (χ1v) is 11.5. The van der Waals surface area contributed by atoms with E-state index in [1.54, 1.807) is 4.68 Å². The van der Waals surface area contributed by atoms with E-state index >= 15 is 0 Å². The fraction of sp³-hybridized carbons (Fsp3) is 0.280. The lowest BCUT2D eigenvalue weighted by Gasteiger charge is -2.37. The molecule has 6 heteroatoms. The van der Waals surface area contributed by atoms with Crippen LogP contribution in [0.15, 0.2) is 60.7 Å². The molecule has 1 amide bonds. The van der Waals surface area contributed by atoms with Gasteiger partial charge in [0, 0.05) is 52.7 Å². The minimum Gasteiger partial charge on any atom is -0.367 e. The van der Waals surface area contributed by atoms with E-state index in [2.05, 4.69) is 64.6 Å². The number of thiophene rings is 1. The smallest absolute Gasteiger partial charge is 0.244 e. The van der Waals surface area contributed by atoms with Crippen LogP contribution < -0.4 is 4.90 Å². The van der Waals surface area contributed by atoms with Gasteiger partial charge in [0.25, 0.3) is 0 Å². The van der Waals surface area contributed by atoms with Crippen molar-refractivity contribution >= 4 is 33.0 Å². The number of amides is 1. The second-order valence-electron chi connectivity index (χ2n) is 8.12. The number of carbonyl (C=O) groups excluding carboxylic acids is 1. The number of carbonyl (C=O) groups is 1. The summed E-state index contributed by atoms with van der Waals surface area (Å²) < 4.78 is 3.12. The standard InChI is InChI=1S/C25H26N4OS/c1-18-15-19(2)29(26-18)17-25(30)28-13-11-27(12-14-28)22-9-5-4-8-21(22)24-16-20-7-3-6-10-23(20)31-24/h3-10,15-16H,11-14,17H2,1-2H3. The summed E-state index contributed by atoms with van der Waals surface area (Å²) in [7, 11) is 0. The summed E-state index contributed by atoms with van der Waals surface area (Å²) in [5, 5.41) is 5.72. The average molecular weight is 431 g/mol. The lowest BCUT2D eigenvalue weighted by molar-refractivity contribution is -0.132. The number of nitrogens with zero attached hydrogens (tertiary/aromatic N) is 4. The third kappa shape index (κ3) is 3.95. The zero-order valence-corrected chi connectivity index (χ0v) is 18.7. The largest absolute Gasteiger partial charge is 0.367 e. The topological polar surface area (TPSA) is 41.4 Å². The van der Waals surface area contributed by atoms with E-state index in [1.807, 2.05) is 36.2 Å². The Kier molecular flexibility index (Phi) is 5.24. The minimum atomic E-state index is 0.142. The number of fused-ring (bicyclic) bond motifs is 1. The maximum absolute atomic E-state index is 12.8. The Morgan fingerprint density at radius 1 is 0.968 bits per heavy atom. The van der Waals surface area contributed by atoms with Crippen LogP contribution in [0.3, 0.4) is 0 Å². The van der Waals surface area contributed by atoms with Gasteiger partial charge in [-0.15, -0.1) is 11.3 Å². The molecular formula is C25H26N4OS. The first kappa shape index (κ1) is 19.8. The summed E-state index contributed by atoms with van der Waals surface area (Å²) in [6.07, 6.45) is 0. The number of aryl methyl sites for hydroxylation is 2. The zero-order chi connectivity index (χ0) is 21.4. The SMILES string of the molecule is Cc1cc(C)n(CC(=O)N2CCN(c3ccccc3-c3cc4ccccc4s3)CC2)n1. The maximum Gasteiger partial charge on any atom is 0.244 e. The van der Waals surface area contributed by atoms with Crippen LogP contribution >= 0.6 is 11.3 Å². The first-order valence-electron chi connectivity index (χ1n) is 10.7. The van der Waals surface area contributed by atoms with Crippen LogP contribution in [0.25, 0.3) is 20.5 Å². The summed E-state index contributed by atoms with van der Waals surface area (Å²) in [5.74, 6) is 0.142. The van der Waals surface area contributed by atoms with Crippen LogP contribution in [0.1, 0.15) is 11.4 Å². The van der Waals surface area contributed by atoms with E-state index in [4.69, 9.17) is 0 Å². The fourth-order valence-corrected chi connectivity index (χ4v) is 5.43. The van der Waals surface area contributed by atoms with Gasteiger partial charge in [0.05, 0.1) is 5.69 Å². The lowest BCUT2D eigenvalue weighted by Crippen LogP contribution is -2.49. The number of rotatable bonds is 4. The van der Waals surface area contributed by atoms with E-state index in [0.717, 1.165) is 37.6 Å².